The van der Waals surface area contributed by atoms with Crippen LogP contribution in [0.15, 0.2) is 35.4 Å². The van der Waals surface area contributed by atoms with Crippen molar-refractivity contribution in [3.05, 3.63) is 40.9 Å². The monoisotopic (exact) mass is 440 g/mol. The fourth-order valence-corrected chi connectivity index (χ4v) is 3.16. The Balaban J connectivity index is 2.05. The van der Waals surface area contributed by atoms with Crippen LogP contribution in [0.4, 0.5) is 5.82 Å². The number of hydrogen-bond donors (Lipinski definition) is 2. The SMILES string of the molecule is CCCOCCn1c(=O)c(N[C@H](C)C(=O)NC)nc2ncc(-c3ccc(OC)nc3)cc21. The Labute approximate surface area is 186 Å². The van der Waals surface area contributed by atoms with Crippen molar-refractivity contribution in [1.82, 2.24) is 24.8 Å². The van der Waals surface area contributed by atoms with E-state index in [0.29, 0.717) is 36.8 Å². The van der Waals surface area contributed by atoms with Gasteiger partial charge in [0.2, 0.25) is 11.8 Å². The maximum atomic E-state index is 13.2. The van der Waals surface area contributed by atoms with Crippen LogP contribution in [-0.2, 0) is 16.1 Å². The molecule has 10 heteroatoms. The lowest BCUT2D eigenvalue weighted by molar-refractivity contribution is -0.121. The lowest BCUT2D eigenvalue weighted by Gasteiger charge is -2.16. The molecule has 3 aromatic rings. The average molecular weight is 441 g/mol. The number of nitrogens with zero attached hydrogens (tertiary/aromatic N) is 4. The second kappa shape index (κ2) is 10.7. The second-order valence-electron chi connectivity index (χ2n) is 7.17. The topological polar surface area (TPSA) is 120 Å². The number of ether oxygens (including phenoxy) is 2. The Bertz CT molecular complexity index is 1130. The summed E-state index contributed by atoms with van der Waals surface area (Å²) in [4.78, 5) is 38.2. The molecule has 2 N–H and O–H groups in total. The predicted octanol–water partition coefficient (Wildman–Crippen LogP) is 1.84. The molecular formula is C22H28N6O4. The summed E-state index contributed by atoms with van der Waals surface area (Å²) in [5, 5.41) is 5.44. The number of likely N-dealkylation sites (N-methyl/N-ethyl adjacent to an activating group) is 1. The Morgan fingerprint density at radius 2 is 1.97 bits per heavy atom. The molecule has 170 valence electrons. The van der Waals surface area contributed by atoms with E-state index in [9.17, 15) is 9.59 Å². The van der Waals surface area contributed by atoms with Gasteiger partial charge in [-0.2, -0.15) is 0 Å². The lowest BCUT2D eigenvalue weighted by Crippen LogP contribution is -2.38. The highest BCUT2D eigenvalue weighted by atomic mass is 16.5. The largest absolute Gasteiger partial charge is 0.481 e. The number of amides is 1. The van der Waals surface area contributed by atoms with Gasteiger partial charge in [-0.15, -0.1) is 0 Å². The molecule has 0 saturated carbocycles. The second-order valence-corrected chi connectivity index (χ2v) is 7.17. The van der Waals surface area contributed by atoms with Crippen molar-refractivity contribution in [3.63, 3.8) is 0 Å². The molecule has 32 heavy (non-hydrogen) atoms. The number of aromatic nitrogens is 4. The standard InChI is InChI=1S/C22H28N6O4/c1-5-9-32-10-8-28-17-11-16(15-6-7-18(31-4)24-12-15)13-25-19(17)27-20(22(28)30)26-14(2)21(29)23-3/h6-7,11-14H,5,8-10H2,1-4H3,(H,23,29)(H,25,26,27)/t14-/m1/s1. The van der Waals surface area contributed by atoms with Crippen molar-refractivity contribution in [2.75, 3.05) is 32.7 Å². The van der Waals surface area contributed by atoms with E-state index in [1.54, 1.807) is 37.1 Å². The van der Waals surface area contributed by atoms with Gasteiger partial charge in [-0.3, -0.25) is 14.2 Å². The first kappa shape index (κ1) is 23.1. The third-order valence-electron chi connectivity index (χ3n) is 4.88. The molecule has 3 heterocycles. The highest BCUT2D eigenvalue weighted by molar-refractivity contribution is 5.84. The van der Waals surface area contributed by atoms with Crippen LogP contribution in [0.2, 0.25) is 0 Å². The highest BCUT2D eigenvalue weighted by Gasteiger charge is 2.18. The third-order valence-corrected chi connectivity index (χ3v) is 4.88. The number of nitrogens with one attached hydrogen (secondary N) is 2. The molecule has 0 saturated heterocycles. The lowest BCUT2D eigenvalue weighted by atomic mass is 10.1. The zero-order valence-electron chi connectivity index (χ0n) is 18.7. The average Bonchev–Trinajstić information content (AvgIpc) is 2.82. The molecule has 1 atom stereocenters. The van der Waals surface area contributed by atoms with E-state index in [1.807, 2.05) is 19.1 Å². The summed E-state index contributed by atoms with van der Waals surface area (Å²) >= 11 is 0. The van der Waals surface area contributed by atoms with Gasteiger partial charge < -0.3 is 20.1 Å². The van der Waals surface area contributed by atoms with E-state index >= 15 is 0 Å². The quantitative estimate of drug-likeness (QED) is 0.458. The van der Waals surface area contributed by atoms with Crippen molar-refractivity contribution in [3.8, 4) is 17.0 Å². The molecule has 0 fully saturated rings. The summed E-state index contributed by atoms with van der Waals surface area (Å²) < 4.78 is 12.3. The van der Waals surface area contributed by atoms with Gasteiger partial charge in [0.15, 0.2) is 11.5 Å². The van der Waals surface area contributed by atoms with Gasteiger partial charge in [0.25, 0.3) is 5.56 Å². The van der Waals surface area contributed by atoms with E-state index in [4.69, 9.17) is 9.47 Å². The van der Waals surface area contributed by atoms with E-state index in [2.05, 4.69) is 25.6 Å². The number of anilines is 1. The van der Waals surface area contributed by atoms with E-state index in [0.717, 1.165) is 17.5 Å². The molecule has 0 radical (unpaired) electrons. The number of rotatable bonds is 10. The smallest absolute Gasteiger partial charge is 0.293 e. The van der Waals surface area contributed by atoms with Crippen LogP contribution in [-0.4, -0.2) is 58.8 Å². The van der Waals surface area contributed by atoms with Crippen LogP contribution in [0.5, 0.6) is 5.88 Å². The van der Waals surface area contributed by atoms with Gasteiger partial charge in [-0.1, -0.05) is 6.92 Å². The van der Waals surface area contributed by atoms with Gasteiger partial charge in [-0.05, 0) is 25.5 Å². The van der Waals surface area contributed by atoms with E-state index in [1.165, 1.54) is 7.05 Å². The molecule has 0 spiro atoms. The molecule has 0 aliphatic carbocycles. The zero-order chi connectivity index (χ0) is 23.1. The molecule has 3 rings (SSSR count). The number of carbonyl (C=O) groups is 1. The minimum absolute atomic E-state index is 0.0652. The molecule has 0 unspecified atom stereocenters. The van der Waals surface area contributed by atoms with Gasteiger partial charge in [0.05, 0.1) is 19.2 Å². The summed E-state index contributed by atoms with van der Waals surface area (Å²) in [6, 6.07) is 4.85. The molecule has 0 aromatic carbocycles. The van der Waals surface area contributed by atoms with Gasteiger partial charge in [0, 0.05) is 49.8 Å². The summed E-state index contributed by atoms with van der Waals surface area (Å²) in [6.07, 6.45) is 4.24. The summed E-state index contributed by atoms with van der Waals surface area (Å²) in [5.74, 6) is 0.324. The van der Waals surface area contributed by atoms with Crippen molar-refractivity contribution < 1.29 is 14.3 Å². The Kier molecular flexibility index (Phi) is 7.72. The van der Waals surface area contributed by atoms with Crippen LogP contribution in [0.1, 0.15) is 20.3 Å². The highest BCUT2D eigenvalue weighted by Crippen LogP contribution is 2.23. The Morgan fingerprint density at radius 1 is 1.19 bits per heavy atom. The number of pyridine rings is 2. The molecule has 3 aromatic heterocycles. The fourth-order valence-electron chi connectivity index (χ4n) is 3.16. The number of fused-ring (bicyclic) bond motifs is 1. The first-order valence-corrected chi connectivity index (χ1v) is 10.4. The molecule has 1 amide bonds. The molecule has 0 bridgehead atoms. The fraction of sp³-hybridized carbons (Fsp3) is 0.409. The van der Waals surface area contributed by atoms with Crippen molar-refractivity contribution >= 4 is 22.9 Å². The Morgan fingerprint density at radius 3 is 2.62 bits per heavy atom. The number of hydrogen-bond acceptors (Lipinski definition) is 8. The van der Waals surface area contributed by atoms with Crippen LogP contribution in [0.25, 0.3) is 22.3 Å². The molecule has 0 aliphatic rings. The van der Waals surface area contributed by atoms with Gasteiger partial charge >= 0.3 is 0 Å². The van der Waals surface area contributed by atoms with Gasteiger partial charge in [-0.25, -0.2) is 15.0 Å². The summed E-state index contributed by atoms with van der Waals surface area (Å²) in [5.41, 5.74) is 2.23. The summed E-state index contributed by atoms with van der Waals surface area (Å²) in [7, 11) is 3.09. The molecule has 10 nitrogen and oxygen atoms in total. The Hall–Kier alpha value is -3.53. The normalized spacial score (nSPS) is 11.9. The predicted molar refractivity (Wildman–Crippen MR) is 122 cm³/mol. The maximum absolute atomic E-state index is 13.2. The minimum Gasteiger partial charge on any atom is -0.481 e. The number of methoxy groups -OCH3 is 1. The van der Waals surface area contributed by atoms with Crippen molar-refractivity contribution in [2.24, 2.45) is 0 Å². The first-order chi connectivity index (χ1) is 15.5. The maximum Gasteiger partial charge on any atom is 0.293 e. The van der Waals surface area contributed by atoms with Crippen molar-refractivity contribution in [2.45, 2.75) is 32.9 Å². The van der Waals surface area contributed by atoms with Crippen LogP contribution < -0.4 is 20.9 Å². The first-order valence-electron chi connectivity index (χ1n) is 10.4. The van der Waals surface area contributed by atoms with Crippen LogP contribution in [0, 0.1) is 0 Å². The molecular weight excluding hydrogens is 412 g/mol. The third kappa shape index (κ3) is 5.20. The van der Waals surface area contributed by atoms with Crippen molar-refractivity contribution in [1.29, 1.82) is 0 Å². The van der Waals surface area contributed by atoms with Crippen LogP contribution in [0.3, 0.4) is 0 Å². The van der Waals surface area contributed by atoms with Gasteiger partial charge in [0.1, 0.15) is 6.04 Å². The van der Waals surface area contributed by atoms with E-state index in [-0.39, 0.29) is 17.3 Å². The summed E-state index contributed by atoms with van der Waals surface area (Å²) in [6.45, 7) is 4.98. The molecule has 0 aliphatic heterocycles. The van der Waals surface area contributed by atoms with E-state index < -0.39 is 6.04 Å². The minimum atomic E-state index is -0.632. The zero-order valence-corrected chi connectivity index (χ0v) is 18.7. The van der Waals surface area contributed by atoms with Crippen LogP contribution >= 0.6 is 0 Å². The number of carbonyl (C=O) groups excluding carboxylic acids is 1.